The third-order valence-corrected chi connectivity index (χ3v) is 7.34. The number of hydrogen-bond donors (Lipinski definition) is 3. The molecular weight excluding hydrogens is 570 g/mol. The first-order valence-electron chi connectivity index (χ1n) is 12.8. The van der Waals surface area contributed by atoms with Crippen LogP contribution < -0.4 is 15.4 Å². The van der Waals surface area contributed by atoms with Crippen molar-refractivity contribution in [1.29, 1.82) is 0 Å². The molecule has 0 bridgehead atoms. The lowest BCUT2D eigenvalue weighted by atomic mass is 9.85. The van der Waals surface area contributed by atoms with Crippen LogP contribution in [0.15, 0.2) is 42.5 Å². The third kappa shape index (κ3) is 11.1. The highest BCUT2D eigenvalue weighted by atomic mass is 35.5. The first-order valence-corrected chi connectivity index (χ1v) is 13.5. The summed E-state index contributed by atoms with van der Waals surface area (Å²) in [6.07, 6.45) is -1.80. The van der Waals surface area contributed by atoms with Crippen LogP contribution in [0, 0.1) is 11.3 Å². The highest BCUT2D eigenvalue weighted by Crippen LogP contribution is 2.28. The number of methoxy groups -OCH3 is 1. The minimum Gasteiger partial charge on any atom is -0.495 e. The second-order valence-electron chi connectivity index (χ2n) is 10.7. The second kappa shape index (κ2) is 14.8. The van der Waals surface area contributed by atoms with Crippen LogP contribution in [0.5, 0.6) is 5.75 Å². The van der Waals surface area contributed by atoms with E-state index < -0.39 is 12.1 Å². The van der Waals surface area contributed by atoms with Gasteiger partial charge in [-0.05, 0) is 73.5 Å². The van der Waals surface area contributed by atoms with Crippen LogP contribution in [0.25, 0.3) is 0 Å². The van der Waals surface area contributed by atoms with Crippen molar-refractivity contribution in [2.45, 2.75) is 52.3 Å². The van der Waals surface area contributed by atoms with Gasteiger partial charge in [0.15, 0.2) is 0 Å². The Morgan fingerprint density at radius 3 is 2.20 bits per heavy atom. The molecule has 1 fully saturated rings. The summed E-state index contributed by atoms with van der Waals surface area (Å²) in [5.74, 6) is -1.48. The molecule has 0 spiro atoms. The predicted molar refractivity (Wildman–Crippen MR) is 151 cm³/mol. The Hall–Kier alpha value is -2.69. The number of alkyl halides is 3. The molecule has 12 heteroatoms. The number of rotatable bonds is 7. The highest BCUT2D eigenvalue weighted by Gasteiger charge is 2.38. The van der Waals surface area contributed by atoms with Crippen LogP contribution in [-0.2, 0) is 11.2 Å². The monoisotopic (exact) mass is 605 g/mol. The summed E-state index contributed by atoms with van der Waals surface area (Å²) in [5.41, 5.74) is 1.83. The summed E-state index contributed by atoms with van der Waals surface area (Å²) in [6, 6.07) is 13.2. The number of benzene rings is 2. The molecule has 3 rings (SSSR count). The van der Waals surface area contributed by atoms with Crippen LogP contribution in [0.2, 0.25) is 10.0 Å². The number of hydrogen-bond acceptors (Lipinski definition) is 4. The molecule has 0 saturated carbocycles. The number of piperidine rings is 1. The fourth-order valence-corrected chi connectivity index (χ4v) is 4.55. The molecule has 2 amide bonds. The smallest absolute Gasteiger partial charge is 0.490 e. The number of nitrogens with zero attached hydrogens (tertiary/aromatic N) is 1. The van der Waals surface area contributed by atoms with Gasteiger partial charge in [0.05, 0.1) is 22.8 Å². The van der Waals surface area contributed by atoms with Gasteiger partial charge in [0.1, 0.15) is 5.75 Å². The Morgan fingerprint density at radius 2 is 1.68 bits per heavy atom. The van der Waals surface area contributed by atoms with Crippen molar-refractivity contribution >= 4 is 40.9 Å². The summed E-state index contributed by atoms with van der Waals surface area (Å²) in [5, 5.41) is 14.5. The predicted octanol–water partition coefficient (Wildman–Crippen LogP) is 7.13. The lowest BCUT2D eigenvalue weighted by molar-refractivity contribution is -0.192. The van der Waals surface area contributed by atoms with Crippen molar-refractivity contribution in [2.24, 2.45) is 11.3 Å². The number of ether oxygens (including phenoxy) is 1. The first-order chi connectivity index (χ1) is 18.6. The fourth-order valence-electron chi connectivity index (χ4n) is 4.23. The molecule has 1 aliphatic heterocycles. The molecule has 0 unspecified atom stereocenters. The number of urea groups is 1. The van der Waals surface area contributed by atoms with E-state index in [0.29, 0.717) is 27.4 Å². The molecular formula is C28H36Cl2F3N3O4. The Labute approximate surface area is 243 Å². The number of halogens is 5. The van der Waals surface area contributed by atoms with Gasteiger partial charge in [0.2, 0.25) is 0 Å². The maximum absolute atomic E-state index is 12.8. The normalized spacial score (nSPS) is 15.4. The molecule has 0 radical (unpaired) electrons. The van der Waals surface area contributed by atoms with E-state index in [1.165, 1.54) is 5.56 Å². The third-order valence-electron chi connectivity index (χ3n) is 6.60. The van der Waals surface area contributed by atoms with Crippen LogP contribution in [0.4, 0.5) is 23.7 Å². The molecule has 1 heterocycles. The zero-order valence-corrected chi connectivity index (χ0v) is 24.5. The van der Waals surface area contributed by atoms with Crippen molar-refractivity contribution in [3.63, 3.8) is 0 Å². The van der Waals surface area contributed by atoms with Crippen molar-refractivity contribution in [3.8, 4) is 5.75 Å². The zero-order chi connectivity index (χ0) is 30.1. The summed E-state index contributed by atoms with van der Waals surface area (Å²) >= 11 is 12.2. The molecule has 1 aliphatic rings. The molecule has 222 valence electrons. The number of aliphatic carboxylic acids is 1. The van der Waals surface area contributed by atoms with E-state index >= 15 is 0 Å². The molecule has 40 heavy (non-hydrogen) atoms. The molecule has 1 atom stereocenters. The van der Waals surface area contributed by atoms with Gasteiger partial charge in [-0.2, -0.15) is 13.2 Å². The van der Waals surface area contributed by atoms with Crippen molar-refractivity contribution in [3.05, 3.63) is 58.1 Å². The van der Waals surface area contributed by atoms with Gasteiger partial charge in [0.25, 0.3) is 0 Å². The number of carboxylic acid groups (broad SMARTS) is 1. The summed E-state index contributed by atoms with van der Waals surface area (Å²) in [6.45, 7) is 9.36. The molecule has 0 aliphatic carbocycles. The van der Waals surface area contributed by atoms with E-state index in [0.717, 1.165) is 38.9 Å². The average Bonchev–Trinajstić information content (AvgIpc) is 2.86. The average molecular weight is 607 g/mol. The van der Waals surface area contributed by atoms with Crippen LogP contribution in [0.1, 0.15) is 39.2 Å². The Morgan fingerprint density at radius 1 is 1.07 bits per heavy atom. The fraction of sp³-hybridized carbons (Fsp3) is 0.500. The molecule has 2 aromatic rings. The van der Waals surface area contributed by atoms with Gasteiger partial charge in [0, 0.05) is 12.6 Å². The number of carbonyl (C=O) groups is 2. The maximum atomic E-state index is 12.8. The number of amides is 2. The standard InChI is InChI=1S/C26H35Cl2N3O2.C2HF3O2/c1-26(2,3)24(30-25(32)29-22-7-5-6-8-23(22)33-4)17-31-13-11-18(12-14-31)15-19-9-10-20(27)21(28)16-19;3-2(4,5)1(6)7/h5-10,16,18,24H,11-15,17H2,1-4H3,(H2,29,30,32);(H,6,7)/t24-;/m0./s1. The van der Waals surface area contributed by atoms with E-state index in [9.17, 15) is 18.0 Å². The van der Waals surface area contributed by atoms with E-state index in [2.05, 4.69) is 42.4 Å². The zero-order valence-electron chi connectivity index (χ0n) is 22.9. The Bertz CT molecular complexity index is 1130. The van der Waals surface area contributed by atoms with Gasteiger partial charge in [-0.15, -0.1) is 0 Å². The second-order valence-corrected chi connectivity index (χ2v) is 11.5. The summed E-state index contributed by atoms with van der Waals surface area (Å²) < 4.78 is 37.1. The summed E-state index contributed by atoms with van der Waals surface area (Å²) in [7, 11) is 1.60. The Kier molecular flexibility index (Phi) is 12.4. The van der Waals surface area contributed by atoms with Crippen LogP contribution in [-0.4, -0.2) is 61.0 Å². The number of carbonyl (C=O) groups excluding carboxylic acids is 1. The number of anilines is 1. The van der Waals surface area contributed by atoms with E-state index in [1.807, 2.05) is 36.4 Å². The SMILES string of the molecule is COc1ccccc1NC(=O)N[C@@H](CN1CCC(Cc2ccc(Cl)c(Cl)c2)CC1)C(C)(C)C.O=C(O)C(F)(F)F. The first kappa shape index (κ1) is 33.5. The van der Waals surface area contributed by atoms with Crippen molar-refractivity contribution in [2.75, 3.05) is 32.1 Å². The molecule has 0 aromatic heterocycles. The van der Waals surface area contributed by atoms with Gasteiger partial charge < -0.3 is 25.4 Å². The minimum atomic E-state index is -5.08. The largest absolute Gasteiger partial charge is 0.495 e. The van der Waals surface area contributed by atoms with Crippen molar-refractivity contribution < 1.29 is 32.6 Å². The lowest BCUT2D eigenvalue weighted by Crippen LogP contribution is -2.53. The van der Waals surface area contributed by atoms with E-state index in [-0.39, 0.29) is 17.5 Å². The molecule has 3 N–H and O–H groups in total. The Balaban J connectivity index is 0.000000708. The lowest BCUT2D eigenvalue weighted by Gasteiger charge is -2.39. The number of likely N-dealkylation sites (tertiary alicyclic amines) is 1. The number of nitrogens with one attached hydrogen (secondary N) is 2. The topological polar surface area (TPSA) is 90.9 Å². The van der Waals surface area contributed by atoms with Crippen LogP contribution in [0.3, 0.4) is 0 Å². The molecule has 1 saturated heterocycles. The number of carboxylic acids is 1. The quantitative estimate of drug-likeness (QED) is 0.312. The van der Waals surface area contributed by atoms with E-state index in [1.54, 1.807) is 7.11 Å². The van der Waals surface area contributed by atoms with Gasteiger partial charge in [-0.1, -0.05) is 62.2 Å². The number of para-hydroxylation sites is 2. The van der Waals surface area contributed by atoms with Crippen molar-refractivity contribution in [1.82, 2.24) is 10.2 Å². The maximum Gasteiger partial charge on any atom is 0.490 e. The molecule has 7 nitrogen and oxygen atoms in total. The van der Waals surface area contributed by atoms with E-state index in [4.69, 9.17) is 37.8 Å². The summed E-state index contributed by atoms with van der Waals surface area (Å²) in [4.78, 5) is 24.1. The minimum absolute atomic E-state index is 0.0128. The van der Waals surface area contributed by atoms with Gasteiger partial charge >= 0.3 is 18.2 Å². The highest BCUT2D eigenvalue weighted by molar-refractivity contribution is 6.42. The molecule has 2 aromatic carbocycles. The van der Waals surface area contributed by atoms with Crippen LogP contribution >= 0.6 is 23.2 Å². The van der Waals surface area contributed by atoms with Gasteiger partial charge in [-0.3, -0.25) is 0 Å². The van der Waals surface area contributed by atoms with Gasteiger partial charge in [-0.25, -0.2) is 9.59 Å².